The number of nitrogens with one attached hydrogen (secondary N) is 1. The van der Waals surface area contributed by atoms with Gasteiger partial charge in [0.05, 0.1) is 0 Å². The average Bonchev–Trinajstić information content (AvgIpc) is 2.30. The van der Waals surface area contributed by atoms with Crippen LogP contribution >= 0.6 is 15.9 Å². The van der Waals surface area contributed by atoms with Crippen LogP contribution in [0.4, 0.5) is 10.1 Å². The summed E-state index contributed by atoms with van der Waals surface area (Å²) in [6.45, 7) is 6.18. The third kappa shape index (κ3) is 4.15. The zero-order valence-corrected chi connectivity index (χ0v) is 13.5. The third-order valence-electron chi connectivity index (χ3n) is 3.07. The molecule has 0 fully saturated rings. The molecule has 0 heterocycles. The minimum Gasteiger partial charge on any atom is -0.398 e. The number of halogens is 2. The van der Waals surface area contributed by atoms with E-state index < -0.39 is 20.7 Å². The zero-order chi connectivity index (χ0) is 14.8. The normalized spacial score (nSPS) is 13.8. The Bertz CT molecular complexity index is 561. The van der Waals surface area contributed by atoms with Crippen molar-refractivity contribution in [3.63, 3.8) is 0 Å². The summed E-state index contributed by atoms with van der Waals surface area (Å²) < 4.78 is 40.5. The van der Waals surface area contributed by atoms with Crippen LogP contribution in [0.1, 0.15) is 20.8 Å². The Labute approximate surface area is 121 Å². The molecule has 0 saturated carbocycles. The van der Waals surface area contributed by atoms with Crippen molar-refractivity contribution in [1.29, 1.82) is 0 Å². The number of sulfonamides is 1. The third-order valence-corrected chi connectivity index (χ3v) is 5.20. The van der Waals surface area contributed by atoms with E-state index in [9.17, 15) is 12.8 Å². The van der Waals surface area contributed by atoms with Crippen LogP contribution in [0.15, 0.2) is 21.5 Å². The van der Waals surface area contributed by atoms with Gasteiger partial charge in [-0.15, -0.1) is 0 Å². The lowest BCUT2D eigenvalue weighted by Crippen LogP contribution is -2.30. The summed E-state index contributed by atoms with van der Waals surface area (Å²) in [5, 5.41) is 0. The fourth-order valence-corrected chi connectivity index (χ4v) is 2.86. The molecule has 108 valence electrons. The number of rotatable bonds is 5. The molecule has 1 atom stereocenters. The van der Waals surface area contributed by atoms with Gasteiger partial charge in [0.25, 0.3) is 0 Å². The van der Waals surface area contributed by atoms with Crippen molar-refractivity contribution in [2.24, 2.45) is 11.8 Å². The molecule has 0 spiro atoms. The summed E-state index contributed by atoms with van der Waals surface area (Å²) in [5.41, 5.74) is 5.76. The molecular weight excluding hydrogens is 335 g/mol. The number of nitrogens with two attached hydrogens (primary N) is 1. The quantitative estimate of drug-likeness (QED) is 0.800. The van der Waals surface area contributed by atoms with Crippen molar-refractivity contribution in [2.75, 3.05) is 12.3 Å². The highest BCUT2D eigenvalue weighted by atomic mass is 79.9. The molecule has 7 heteroatoms. The summed E-state index contributed by atoms with van der Waals surface area (Å²) in [7, 11) is -3.88. The Balaban J connectivity index is 2.98. The number of nitrogen functional groups attached to an aromatic ring is 1. The first kappa shape index (κ1) is 16.4. The van der Waals surface area contributed by atoms with E-state index in [1.807, 2.05) is 20.8 Å². The molecule has 0 bridgehead atoms. The van der Waals surface area contributed by atoms with Gasteiger partial charge in [-0.05, 0) is 39.9 Å². The molecule has 19 heavy (non-hydrogen) atoms. The average molecular weight is 353 g/mol. The van der Waals surface area contributed by atoms with E-state index in [2.05, 4.69) is 20.7 Å². The lowest BCUT2D eigenvalue weighted by atomic mass is 9.99. The van der Waals surface area contributed by atoms with Gasteiger partial charge in [0.1, 0.15) is 10.7 Å². The van der Waals surface area contributed by atoms with Crippen LogP contribution in [-0.2, 0) is 10.0 Å². The first-order valence-corrected chi connectivity index (χ1v) is 8.17. The molecule has 1 unspecified atom stereocenters. The highest BCUT2D eigenvalue weighted by Crippen LogP contribution is 2.26. The van der Waals surface area contributed by atoms with Crippen molar-refractivity contribution in [1.82, 2.24) is 4.72 Å². The van der Waals surface area contributed by atoms with Gasteiger partial charge >= 0.3 is 0 Å². The Kier molecular flexibility index (Phi) is 5.34. The molecule has 3 N–H and O–H groups in total. The maximum atomic E-state index is 13.7. The topological polar surface area (TPSA) is 72.2 Å². The van der Waals surface area contributed by atoms with Crippen LogP contribution < -0.4 is 10.5 Å². The Hall–Kier alpha value is -0.660. The Morgan fingerprint density at radius 1 is 1.37 bits per heavy atom. The van der Waals surface area contributed by atoms with Gasteiger partial charge in [0.15, 0.2) is 0 Å². The van der Waals surface area contributed by atoms with Gasteiger partial charge in [-0.3, -0.25) is 0 Å². The standard InChI is InChI=1S/C12H18BrFN2O2S/c1-7(2)8(3)6-16-19(17,18)12-5-11(15)9(13)4-10(12)14/h4-5,7-8,16H,6,15H2,1-3H3. The lowest BCUT2D eigenvalue weighted by Gasteiger charge is -2.16. The highest BCUT2D eigenvalue weighted by Gasteiger charge is 2.21. The van der Waals surface area contributed by atoms with E-state index in [1.54, 1.807) is 0 Å². The van der Waals surface area contributed by atoms with Crippen molar-refractivity contribution in [2.45, 2.75) is 25.7 Å². The summed E-state index contributed by atoms with van der Waals surface area (Å²) in [4.78, 5) is -0.427. The Morgan fingerprint density at radius 3 is 2.47 bits per heavy atom. The molecule has 1 aromatic carbocycles. The predicted molar refractivity (Wildman–Crippen MR) is 77.7 cm³/mol. The van der Waals surface area contributed by atoms with Gasteiger partial charge < -0.3 is 5.73 Å². The fourth-order valence-electron chi connectivity index (χ4n) is 1.31. The van der Waals surface area contributed by atoms with Gasteiger partial charge in [0.2, 0.25) is 10.0 Å². The molecule has 0 amide bonds. The summed E-state index contributed by atoms with van der Waals surface area (Å²) in [6.07, 6.45) is 0. The molecule has 0 aromatic heterocycles. The number of anilines is 1. The zero-order valence-electron chi connectivity index (χ0n) is 11.1. The van der Waals surface area contributed by atoms with E-state index in [-0.39, 0.29) is 18.2 Å². The number of benzene rings is 1. The molecular formula is C12H18BrFN2O2S. The molecule has 1 aromatic rings. The maximum Gasteiger partial charge on any atom is 0.243 e. The second kappa shape index (κ2) is 6.19. The van der Waals surface area contributed by atoms with Crippen LogP contribution in [0, 0.1) is 17.7 Å². The Morgan fingerprint density at radius 2 is 1.95 bits per heavy atom. The molecule has 0 aliphatic heterocycles. The van der Waals surface area contributed by atoms with Crippen LogP contribution in [0.25, 0.3) is 0 Å². The first-order chi connectivity index (χ1) is 8.65. The van der Waals surface area contributed by atoms with Crippen molar-refractivity contribution >= 4 is 31.6 Å². The molecule has 1 rings (SSSR count). The SMILES string of the molecule is CC(C)C(C)CNS(=O)(=O)c1cc(N)c(Br)cc1F. The first-order valence-electron chi connectivity index (χ1n) is 5.89. The van der Waals surface area contributed by atoms with Gasteiger partial charge in [-0.1, -0.05) is 20.8 Å². The minimum atomic E-state index is -3.88. The van der Waals surface area contributed by atoms with Gasteiger partial charge in [-0.2, -0.15) is 0 Å². The van der Waals surface area contributed by atoms with Crippen LogP contribution in [0.3, 0.4) is 0 Å². The van der Waals surface area contributed by atoms with E-state index in [0.29, 0.717) is 10.4 Å². The number of hydrogen-bond donors (Lipinski definition) is 2. The van der Waals surface area contributed by atoms with Crippen LogP contribution in [0.5, 0.6) is 0 Å². The maximum absolute atomic E-state index is 13.7. The molecule has 0 aliphatic carbocycles. The predicted octanol–water partition coefficient (Wildman–Crippen LogP) is 2.74. The van der Waals surface area contributed by atoms with Crippen molar-refractivity contribution in [3.8, 4) is 0 Å². The summed E-state index contributed by atoms with van der Waals surface area (Å²) in [6, 6.07) is 2.16. The molecule has 4 nitrogen and oxygen atoms in total. The lowest BCUT2D eigenvalue weighted by molar-refractivity contribution is 0.414. The van der Waals surface area contributed by atoms with Crippen LogP contribution in [-0.4, -0.2) is 15.0 Å². The molecule has 0 aliphatic rings. The van der Waals surface area contributed by atoms with Crippen molar-refractivity contribution in [3.05, 3.63) is 22.4 Å². The largest absolute Gasteiger partial charge is 0.398 e. The minimum absolute atomic E-state index is 0.158. The second-order valence-corrected chi connectivity index (χ2v) is 7.47. The van der Waals surface area contributed by atoms with E-state index in [0.717, 1.165) is 12.1 Å². The molecule has 0 radical (unpaired) electrons. The van der Waals surface area contributed by atoms with Crippen LogP contribution in [0.2, 0.25) is 0 Å². The monoisotopic (exact) mass is 352 g/mol. The smallest absolute Gasteiger partial charge is 0.243 e. The van der Waals surface area contributed by atoms with Gasteiger partial charge in [0, 0.05) is 16.7 Å². The summed E-state index contributed by atoms with van der Waals surface area (Å²) >= 11 is 3.05. The fraction of sp³-hybridized carbons (Fsp3) is 0.500. The summed E-state index contributed by atoms with van der Waals surface area (Å²) in [5.74, 6) is -0.334. The van der Waals surface area contributed by atoms with E-state index in [4.69, 9.17) is 5.73 Å². The number of hydrogen-bond acceptors (Lipinski definition) is 3. The van der Waals surface area contributed by atoms with Crippen molar-refractivity contribution < 1.29 is 12.8 Å². The van der Waals surface area contributed by atoms with Gasteiger partial charge in [-0.25, -0.2) is 17.5 Å². The second-order valence-electron chi connectivity index (χ2n) is 4.88. The highest BCUT2D eigenvalue weighted by molar-refractivity contribution is 9.10. The molecule has 0 saturated heterocycles. The van der Waals surface area contributed by atoms with E-state index in [1.165, 1.54) is 0 Å². The van der Waals surface area contributed by atoms with E-state index >= 15 is 0 Å².